The number of anilines is 1. The van der Waals surface area contributed by atoms with Gasteiger partial charge in [-0.15, -0.1) is 0 Å². The lowest BCUT2D eigenvalue weighted by Crippen LogP contribution is -2.34. The lowest BCUT2D eigenvalue weighted by molar-refractivity contribution is -0.126. The van der Waals surface area contributed by atoms with Crippen molar-refractivity contribution in [1.29, 1.82) is 0 Å². The molecule has 1 fully saturated rings. The lowest BCUT2D eigenvalue weighted by Gasteiger charge is -2.17. The molecule has 2 heterocycles. The van der Waals surface area contributed by atoms with E-state index in [9.17, 15) is 9.59 Å². The van der Waals surface area contributed by atoms with Crippen LogP contribution in [0.25, 0.3) is 0 Å². The Morgan fingerprint density at radius 2 is 2.16 bits per heavy atom. The summed E-state index contributed by atoms with van der Waals surface area (Å²) in [7, 11) is 1.58. The summed E-state index contributed by atoms with van der Waals surface area (Å²) >= 11 is 0. The number of hydrogen-bond acceptors (Lipinski definition) is 5. The molecule has 0 unspecified atom stereocenters. The summed E-state index contributed by atoms with van der Waals surface area (Å²) in [4.78, 5) is 34.1. The molecule has 1 saturated heterocycles. The molecule has 1 aliphatic rings. The van der Waals surface area contributed by atoms with E-state index >= 15 is 0 Å². The van der Waals surface area contributed by atoms with Crippen molar-refractivity contribution in [2.24, 2.45) is 5.92 Å². The van der Waals surface area contributed by atoms with E-state index in [2.05, 4.69) is 15.3 Å². The minimum absolute atomic E-state index is 0.0511. The summed E-state index contributed by atoms with van der Waals surface area (Å²) in [5.74, 6) is 0.189. The first kappa shape index (κ1) is 16.9. The molecule has 25 heavy (non-hydrogen) atoms. The summed E-state index contributed by atoms with van der Waals surface area (Å²) in [5, 5.41) is 2.89. The van der Waals surface area contributed by atoms with Crippen LogP contribution in [0.1, 0.15) is 12.0 Å². The number of aromatic nitrogens is 2. The highest BCUT2D eigenvalue weighted by Gasteiger charge is 2.35. The fraction of sp³-hybridized carbons (Fsp3) is 0.333. The van der Waals surface area contributed by atoms with Gasteiger partial charge in [-0.05, 0) is 24.1 Å². The molecule has 2 aromatic rings. The van der Waals surface area contributed by atoms with E-state index in [1.165, 1.54) is 6.33 Å². The maximum absolute atomic E-state index is 12.3. The second-order valence-electron chi connectivity index (χ2n) is 5.89. The Morgan fingerprint density at radius 1 is 1.36 bits per heavy atom. The summed E-state index contributed by atoms with van der Waals surface area (Å²) in [6.45, 7) is 0.877. The Bertz CT molecular complexity index is 751. The fourth-order valence-corrected chi connectivity index (χ4v) is 2.84. The van der Waals surface area contributed by atoms with Crippen LogP contribution in [-0.4, -0.2) is 42.0 Å². The lowest BCUT2D eigenvalue weighted by atomic mass is 10.1. The van der Waals surface area contributed by atoms with E-state index in [0.29, 0.717) is 25.3 Å². The third-order valence-electron chi connectivity index (χ3n) is 4.19. The van der Waals surface area contributed by atoms with Crippen molar-refractivity contribution >= 4 is 17.5 Å². The van der Waals surface area contributed by atoms with Crippen molar-refractivity contribution in [3.05, 3.63) is 48.5 Å². The van der Waals surface area contributed by atoms with Gasteiger partial charge in [-0.2, -0.15) is 0 Å². The van der Waals surface area contributed by atoms with Crippen molar-refractivity contribution in [3.8, 4) is 5.75 Å². The Kier molecular flexibility index (Phi) is 5.23. The van der Waals surface area contributed by atoms with Crippen molar-refractivity contribution in [1.82, 2.24) is 15.3 Å². The fourth-order valence-electron chi connectivity index (χ4n) is 2.84. The molecule has 0 spiro atoms. The van der Waals surface area contributed by atoms with Gasteiger partial charge in [-0.3, -0.25) is 9.59 Å². The van der Waals surface area contributed by atoms with Crippen LogP contribution >= 0.6 is 0 Å². The molecule has 1 N–H and O–H groups in total. The summed E-state index contributed by atoms with van der Waals surface area (Å²) in [6.07, 6.45) is 5.80. The van der Waals surface area contributed by atoms with Crippen molar-refractivity contribution < 1.29 is 14.3 Å². The number of nitrogens with one attached hydrogen (secondary N) is 1. The molecule has 7 heteroatoms. The maximum Gasteiger partial charge on any atom is 0.227 e. The first-order chi connectivity index (χ1) is 12.2. The average Bonchev–Trinajstić information content (AvgIpc) is 3.04. The summed E-state index contributed by atoms with van der Waals surface area (Å²) < 4.78 is 5.19. The molecule has 1 aromatic carbocycles. The number of carbonyl (C=O) groups is 2. The van der Waals surface area contributed by atoms with Gasteiger partial charge in [0.15, 0.2) is 0 Å². The number of ether oxygens (including phenoxy) is 1. The Labute approximate surface area is 146 Å². The molecule has 0 radical (unpaired) electrons. The normalized spacial score (nSPS) is 16.8. The molecule has 7 nitrogen and oxygen atoms in total. The molecule has 0 aliphatic carbocycles. The van der Waals surface area contributed by atoms with Gasteiger partial charge in [-0.1, -0.05) is 6.07 Å². The zero-order valence-corrected chi connectivity index (χ0v) is 14.0. The van der Waals surface area contributed by atoms with Gasteiger partial charge in [0, 0.05) is 43.7 Å². The third-order valence-corrected chi connectivity index (χ3v) is 4.19. The van der Waals surface area contributed by atoms with Crippen LogP contribution in [-0.2, 0) is 16.0 Å². The molecular formula is C18H20N4O3. The predicted molar refractivity (Wildman–Crippen MR) is 92.2 cm³/mol. The number of hydrogen-bond donors (Lipinski definition) is 1. The smallest absolute Gasteiger partial charge is 0.227 e. The number of benzene rings is 1. The molecule has 1 atom stereocenters. The highest BCUT2D eigenvalue weighted by Crippen LogP contribution is 2.27. The molecule has 1 aromatic heterocycles. The number of carbonyl (C=O) groups excluding carboxylic acids is 2. The minimum Gasteiger partial charge on any atom is -0.497 e. The zero-order chi connectivity index (χ0) is 17.6. The highest BCUT2D eigenvalue weighted by atomic mass is 16.5. The SMILES string of the molecule is COc1cccc(N2C[C@@H](C(=O)NCCc3cncnc3)CC2=O)c1. The van der Waals surface area contributed by atoms with Crippen LogP contribution in [0.5, 0.6) is 5.75 Å². The molecule has 0 bridgehead atoms. The van der Waals surface area contributed by atoms with Crippen LogP contribution in [0.2, 0.25) is 0 Å². The molecule has 130 valence electrons. The van der Waals surface area contributed by atoms with Crippen LogP contribution < -0.4 is 15.0 Å². The van der Waals surface area contributed by atoms with Crippen LogP contribution in [0.4, 0.5) is 5.69 Å². The van der Waals surface area contributed by atoms with Gasteiger partial charge >= 0.3 is 0 Å². The van der Waals surface area contributed by atoms with Crippen molar-refractivity contribution in [2.75, 3.05) is 25.1 Å². The standard InChI is InChI=1S/C18H20N4O3/c1-25-16-4-2-3-15(8-16)22-11-14(7-17(22)23)18(24)21-6-5-13-9-19-12-20-10-13/h2-4,8-10,12,14H,5-7,11H2,1H3,(H,21,24)/t14-/m0/s1. The Hall–Kier alpha value is -2.96. The van der Waals surface area contributed by atoms with Crippen molar-refractivity contribution in [2.45, 2.75) is 12.8 Å². The van der Waals surface area contributed by atoms with Crippen LogP contribution in [0, 0.1) is 5.92 Å². The molecule has 1 aliphatic heterocycles. The van der Waals surface area contributed by atoms with E-state index < -0.39 is 0 Å². The van der Waals surface area contributed by atoms with Crippen LogP contribution in [0.3, 0.4) is 0 Å². The van der Waals surface area contributed by atoms with E-state index in [1.54, 1.807) is 30.5 Å². The van der Waals surface area contributed by atoms with Gasteiger partial charge in [-0.25, -0.2) is 9.97 Å². The summed E-state index contributed by atoms with van der Waals surface area (Å²) in [5.41, 5.74) is 1.71. The average molecular weight is 340 g/mol. The van der Waals surface area contributed by atoms with Gasteiger partial charge < -0.3 is 15.0 Å². The van der Waals surface area contributed by atoms with E-state index in [4.69, 9.17) is 4.74 Å². The summed E-state index contributed by atoms with van der Waals surface area (Å²) in [6, 6.07) is 7.29. The topological polar surface area (TPSA) is 84.4 Å². The van der Waals surface area contributed by atoms with Gasteiger partial charge in [0.1, 0.15) is 12.1 Å². The quantitative estimate of drug-likeness (QED) is 0.854. The first-order valence-corrected chi connectivity index (χ1v) is 8.13. The van der Waals surface area contributed by atoms with Crippen molar-refractivity contribution in [3.63, 3.8) is 0 Å². The highest BCUT2D eigenvalue weighted by molar-refractivity contribution is 6.00. The van der Waals surface area contributed by atoms with Crippen LogP contribution in [0.15, 0.2) is 43.0 Å². The zero-order valence-electron chi connectivity index (χ0n) is 14.0. The minimum atomic E-state index is -0.342. The Balaban J connectivity index is 1.55. The van der Waals surface area contributed by atoms with Gasteiger partial charge in [0.05, 0.1) is 13.0 Å². The Morgan fingerprint density at radius 3 is 2.92 bits per heavy atom. The maximum atomic E-state index is 12.3. The van der Waals surface area contributed by atoms with E-state index in [-0.39, 0.29) is 24.2 Å². The molecule has 3 rings (SSSR count). The van der Waals surface area contributed by atoms with E-state index in [1.807, 2.05) is 18.2 Å². The number of methoxy groups -OCH3 is 1. The second kappa shape index (κ2) is 7.74. The van der Waals surface area contributed by atoms with Gasteiger partial charge in [0.2, 0.25) is 11.8 Å². The number of rotatable bonds is 6. The molecular weight excluding hydrogens is 320 g/mol. The second-order valence-corrected chi connectivity index (χ2v) is 5.89. The number of amides is 2. The monoisotopic (exact) mass is 340 g/mol. The third kappa shape index (κ3) is 4.12. The largest absolute Gasteiger partial charge is 0.497 e. The molecule has 2 amide bonds. The van der Waals surface area contributed by atoms with Gasteiger partial charge in [0.25, 0.3) is 0 Å². The van der Waals surface area contributed by atoms with E-state index in [0.717, 1.165) is 11.3 Å². The predicted octanol–water partition coefficient (Wildman–Crippen LogP) is 1.20. The number of nitrogens with zero attached hydrogens (tertiary/aromatic N) is 3. The molecule has 0 saturated carbocycles. The first-order valence-electron chi connectivity index (χ1n) is 8.13.